The number of carbonyl (C=O) groups excluding carboxylic acids is 3. The molecular weight excluding hydrogens is 393 g/mol. The van der Waals surface area contributed by atoms with Crippen LogP contribution in [0.15, 0.2) is 42.6 Å². The molecule has 1 aromatic carbocycles. The summed E-state index contributed by atoms with van der Waals surface area (Å²) in [4.78, 5) is 40.7. The first kappa shape index (κ1) is 22.8. The Bertz CT molecular complexity index is 888. The maximum absolute atomic E-state index is 13.5. The van der Waals surface area contributed by atoms with E-state index in [1.165, 1.54) is 45.5 Å². The van der Waals surface area contributed by atoms with Crippen LogP contribution in [0.5, 0.6) is 5.88 Å². The van der Waals surface area contributed by atoms with Gasteiger partial charge in [-0.05, 0) is 23.3 Å². The summed E-state index contributed by atoms with van der Waals surface area (Å²) in [6, 6.07) is 7.08. The van der Waals surface area contributed by atoms with Crippen LogP contribution in [0.4, 0.5) is 4.39 Å². The van der Waals surface area contributed by atoms with Crippen LogP contribution in [0, 0.1) is 5.82 Å². The molecule has 2 N–H and O–H groups in total. The number of nitrogens with one attached hydrogen (secondary N) is 2. The average Bonchev–Trinajstić information content (AvgIpc) is 2.72. The molecule has 2 amide bonds. The van der Waals surface area contributed by atoms with Crippen LogP contribution < -0.4 is 15.4 Å². The number of amides is 2. The first-order valence-corrected chi connectivity index (χ1v) is 9.21. The van der Waals surface area contributed by atoms with Crippen molar-refractivity contribution in [2.75, 3.05) is 14.2 Å². The third-order valence-electron chi connectivity index (χ3n) is 4.27. The molecule has 0 aliphatic rings. The van der Waals surface area contributed by atoms with E-state index in [2.05, 4.69) is 15.6 Å². The Balaban J connectivity index is 2.16. The van der Waals surface area contributed by atoms with Crippen LogP contribution in [0.2, 0.25) is 0 Å². The van der Waals surface area contributed by atoms with Crippen LogP contribution in [-0.4, -0.2) is 49.1 Å². The molecule has 8 nitrogen and oxygen atoms in total. The normalized spacial score (nSPS) is 12.4. The molecule has 0 aliphatic heterocycles. The van der Waals surface area contributed by atoms with Crippen molar-refractivity contribution in [1.29, 1.82) is 0 Å². The van der Waals surface area contributed by atoms with Gasteiger partial charge in [0.2, 0.25) is 17.7 Å². The van der Waals surface area contributed by atoms with Crippen LogP contribution in [0.3, 0.4) is 0 Å². The molecule has 0 saturated heterocycles. The van der Waals surface area contributed by atoms with E-state index in [1.54, 1.807) is 18.2 Å². The largest absolute Gasteiger partial charge is 0.481 e. The molecule has 0 saturated carbocycles. The fourth-order valence-corrected chi connectivity index (χ4v) is 2.85. The predicted octanol–water partition coefficient (Wildman–Crippen LogP) is 1.18. The lowest BCUT2D eigenvalue weighted by atomic mass is 10.0. The van der Waals surface area contributed by atoms with Gasteiger partial charge in [0.25, 0.3) is 0 Å². The third-order valence-corrected chi connectivity index (χ3v) is 4.27. The van der Waals surface area contributed by atoms with E-state index in [0.29, 0.717) is 17.0 Å². The fourth-order valence-electron chi connectivity index (χ4n) is 2.85. The molecular formula is C21H24FN3O5. The van der Waals surface area contributed by atoms with Gasteiger partial charge in [0.1, 0.15) is 17.9 Å². The van der Waals surface area contributed by atoms with Crippen LogP contribution in [0.25, 0.3) is 0 Å². The first-order valence-electron chi connectivity index (χ1n) is 9.21. The average molecular weight is 417 g/mol. The Kier molecular flexibility index (Phi) is 8.28. The maximum Gasteiger partial charge on any atom is 0.328 e. The summed E-state index contributed by atoms with van der Waals surface area (Å²) >= 11 is 0. The van der Waals surface area contributed by atoms with Gasteiger partial charge in [0.05, 0.1) is 14.2 Å². The van der Waals surface area contributed by atoms with Crippen molar-refractivity contribution >= 4 is 17.8 Å². The van der Waals surface area contributed by atoms with Crippen LogP contribution in [0.1, 0.15) is 18.1 Å². The predicted molar refractivity (Wildman–Crippen MR) is 106 cm³/mol. The zero-order valence-corrected chi connectivity index (χ0v) is 17.0. The minimum Gasteiger partial charge on any atom is -0.481 e. The highest BCUT2D eigenvalue weighted by atomic mass is 19.1. The quantitative estimate of drug-likeness (QED) is 0.594. The van der Waals surface area contributed by atoms with Gasteiger partial charge in [-0.25, -0.2) is 14.2 Å². The Labute approximate surface area is 173 Å². The van der Waals surface area contributed by atoms with E-state index in [9.17, 15) is 18.8 Å². The highest BCUT2D eigenvalue weighted by Gasteiger charge is 2.27. The number of methoxy groups -OCH3 is 2. The second-order valence-corrected chi connectivity index (χ2v) is 6.58. The number of nitrogens with zero attached hydrogens (tertiary/aromatic N) is 1. The molecule has 2 aromatic rings. The van der Waals surface area contributed by atoms with Crippen molar-refractivity contribution < 1.29 is 28.2 Å². The van der Waals surface area contributed by atoms with Crippen molar-refractivity contribution in [3.05, 3.63) is 59.5 Å². The van der Waals surface area contributed by atoms with Crippen LogP contribution >= 0.6 is 0 Å². The van der Waals surface area contributed by atoms with Gasteiger partial charge in [-0.3, -0.25) is 9.59 Å². The summed E-state index contributed by atoms with van der Waals surface area (Å²) in [5.74, 6) is -1.70. The molecule has 2 atom stereocenters. The molecule has 1 aromatic heterocycles. The third kappa shape index (κ3) is 6.84. The van der Waals surface area contributed by atoms with Crippen molar-refractivity contribution in [3.8, 4) is 5.88 Å². The van der Waals surface area contributed by atoms with Gasteiger partial charge in [-0.1, -0.05) is 18.2 Å². The lowest BCUT2D eigenvalue weighted by Gasteiger charge is -2.22. The number of benzene rings is 1. The van der Waals surface area contributed by atoms with Crippen molar-refractivity contribution in [2.24, 2.45) is 0 Å². The van der Waals surface area contributed by atoms with Gasteiger partial charge in [0, 0.05) is 32.0 Å². The van der Waals surface area contributed by atoms with Gasteiger partial charge in [0.15, 0.2) is 0 Å². The second-order valence-electron chi connectivity index (χ2n) is 6.58. The minimum atomic E-state index is -0.999. The number of hydrogen-bond donors (Lipinski definition) is 2. The monoisotopic (exact) mass is 417 g/mol. The number of pyridine rings is 1. The highest BCUT2D eigenvalue weighted by molar-refractivity contribution is 5.90. The Morgan fingerprint density at radius 1 is 1.03 bits per heavy atom. The fraction of sp³-hybridized carbons (Fsp3) is 0.333. The van der Waals surface area contributed by atoms with Gasteiger partial charge < -0.3 is 20.1 Å². The molecule has 0 unspecified atom stereocenters. The summed E-state index contributed by atoms with van der Waals surface area (Å²) in [6.45, 7) is 1.27. The van der Waals surface area contributed by atoms with Gasteiger partial charge in [-0.15, -0.1) is 0 Å². The van der Waals surface area contributed by atoms with E-state index in [1.807, 2.05) is 0 Å². The van der Waals surface area contributed by atoms with E-state index in [-0.39, 0.29) is 12.8 Å². The Morgan fingerprint density at radius 2 is 1.77 bits per heavy atom. The number of ether oxygens (including phenoxy) is 2. The van der Waals surface area contributed by atoms with Gasteiger partial charge in [-0.2, -0.15) is 0 Å². The Hall–Kier alpha value is -3.49. The van der Waals surface area contributed by atoms with E-state index in [4.69, 9.17) is 9.47 Å². The molecule has 0 fully saturated rings. The molecule has 0 bridgehead atoms. The highest BCUT2D eigenvalue weighted by Crippen LogP contribution is 2.11. The smallest absolute Gasteiger partial charge is 0.328 e. The van der Waals surface area contributed by atoms with Crippen molar-refractivity contribution in [2.45, 2.75) is 31.8 Å². The molecule has 0 spiro atoms. The molecule has 30 heavy (non-hydrogen) atoms. The molecule has 1 heterocycles. The van der Waals surface area contributed by atoms with Crippen molar-refractivity contribution in [3.63, 3.8) is 0 Å². The lowest BCUT2D eigenvalue weighted by Crippen LogP contribution is -2.53. The van der Waals surface area contributed by atoms with E-state index in [0.717, 1.165) is 0 Å². The molecule has 0 radical (unpaired) electrons. The standard InChI is InChI=1S/C21H24FN3O5/c1-13(26)24-17(10-14-5-4-6-16(22)9-14)20(27)25-18(21(28)30-3)11-15-7-8-19(29-2)23-12-15/h4-9,12,17-18H,10-11H2,1-3H3,(H,24,26)(H,25,27)/t17-,18-/m1/s1. The molecule has 9 heteroatoms. The lowest BCUT2D eigenvalue weighted by molar-refractivity contribution is -0.145. The van der Waals surface area contributed by atoms with Crippen molar-refractivity contribution in [1.82, 2.24) is 15.6 Å². The number of aromatic nitrogens is 1. The molecule has 160 valence electrons. The van der Waals surface area contributed by atoms with Gasteiger partial charge >= 0.3 is 5.97 Å². The number of rotatable bonds is 9. The maximum atomic E-state index is 13.5. The van der Waals surface area contributed by atoms with Crippen LogP contribution in [-0.2, 0) is 32.0 Å². The molecule has 2 rings (SSSR count). The number of hydrogen-bond acceptors (Lipinski definition) is 6. The Morgan fingerprint density at radius 3 is 2.33 bits per heavy atom. The number of halogens is 1. The molecule has 0 aliphatic carbocycles. The zero-order valence-electron chi connectivity index (χ0n) is 17.0. The summed E-state index contributed by atoms with van der Waals surface area (Å²) in [5, 5.41) is 5.14. The topological polar surface area (TPSA) is 107 Å². The SMILES string of the molecule is COC(=O)[C@@H](Cc1ccc(OC)nc1)NC(=O)[C@@H](Cc1cccc(F)c1)NC(C)=O. The minimum absolute atomic E-state index is 0.0567. The summed E-state index contributed by atoms with van der Waals surface area (Å²) in [5.41, 5.74) is 1.20. The second kappa shape index (κ2) is 10.9. The number of esters is 1. The summed E-state index contributed by atoms with van der Waals surface area (Å²) in [6.07, 6.45) is 1.71. The van der Waals surface area contributed by atoms with E-state index >= 15 is 0 Å². The van der Waals surface area contributed by atoms with E-state index < -0.39 is 35.7 Å². The number of carbonyl (C=O) groups is 3. The zero-order chi connectivity index (χ0) is 22.1. The first-order chi connectivity index (χ1) is 14.3. The summed E-state index contributed by atoms with van der Waals surface area (Å²) < 4.78 is 23.3. The summed E-state index contributed by atoms with van der Waals surface area (Å²) in [7, 11) is 2.70.